The van der Waals surface area contributed by atoms with Crippen LogP contribution in [0.1, 0.15) is 9.67 Å². The molecule has 1 aromatic heterocycles. The topological polar surface area (TPSA) is 29.5 Å². The van der Waals surface area contributed by atoms with E-state index in [1.807, 2.05) is 0 Å². The van der Waals surface area contributed by atoms with Crippen molar-refractivity contribution < 1.29 is 9.53 Å². The molecule has 1 rings (SSSR count). The van der Waals surface area contributed by atoms with Crippen LogP contribution in [0.3, 0.4) is 0 Å². The van der Waals surface area contributed by atoms with Gasteiger partial charge in [0.25, 0.3) is 5.91 Å². The maximum atomic E-state index is 11.5. The lowest BCUT2D eigenvalue weighted by Crippen LogP contribution is -2.21. The van der Waals surface area contributed by atoms with Gasteiger partial charge >= 0.3 is 0 Å². The van der Waals surface area contributed by atoms with Gasteiger partial charge in [-0.05, 0) is 10.8 Å². The minimum atomic E-state index is -0.0847. The summed E-state index contributed by atoms with van der Waals surface area (Å²) in [6.07, 6.45) is 0. The van der Waals surface area contributed by atoms with Crippen LogP contribution < -0.4 is 10.2 Å². The van der Waals surface area contributed by atoms with Crippen LogP contribution in [-0.2, 0) is 0 Å². The molecule has 1 aromatic rings. The minimum absolute atomic E-state index is 0.0847. The largest absolute Gasteiger partial charge is 0.496 e. The monoisotopic (exact) mass is 195 g/mol. The van der Waals surface area contributed by atoms with Crippen molar-refractivity contribution in [2.45, 2.75) is 0 Å². The number of ether oxygens (including phenoxy) is 1. The summed E-state index contributed by atoms with van der Waals surface area (Å²) in [7, 11) is 10.5. The molecule has 1 heterocycles. The molecule has 68 valence electrons. The smallest absolute Gasteiger partial charge is 0.267 e. The molecule has 0 aromatic carbocycles. The zero-order chi connectivity index (χ0) is 10.0. The van der Waals surface area contributed by atoms with Gasteiger partial charge in [-0.15, -0.1) is 11.3 Å². The second kappa shape index (κ2) is 3.83. The third kappa shape index (κ3) is 1.86. The van der Waals surface area contributed by atoms with E-state index in [-0.39, 0.29) is 5.91 Å². The summed E-state index contributed by atoms with van der Waals surface area (Å²) in [6, 6.07) is 0. The number of carbonyl (C=O) groups is 1. The molecule has 0 saturated heterocycles. The quantitative estimate of drug-likeness (QED) is 0.633. The maximum absolute atomic E-state index is 11.5. The highest BCUT2D eigenvalue weighted by Gasteiger charge is 2.17. The third-order valence-corrected chi connectivity index (χ3v) is 2.54. The number of carbonyl (C=O) groups excluding carboxylic acids is 1. The molecule has 2 radical (unpaired) electrons. The zero-order valence-electron chi connectivity index (χ0n) is 7.83. The summed E-state index contributed by atoms with van der Waals surface area (Å²) >= 11 is 1.30. The summed E-state index contributed by atoms with van der Waals surface area (Å²) in [5, 5.41) is 1.70. The fourth-order valence-corrected chi connectivity index (χ4v) is 1.87. The van der Waals surface area contributed by atoms with Crippen LogP contribution >= 0.6 is 11.3 Å². The number of thiophene rings is 1. The van der Waals surface area contributed by atoms with Crippen molar-refractivity contribution in [3.05, 3.63) is 10.3 Å². The normalized spacial score (nSPS) is 9.77. The van der Waals surface area contributed by atoms with Crippen molar-refractivity contribution >= 4 is 30.6 Å². The van der Waals surface area contributed by atoms with E-state index < -0.39 is 0 Å². The number of hydrogen-bond acceptors (Lipinski definition) is 3. The van der Waals surface area contributed by atoms with Gasteiger partial charge in [0.15, 0.2) is 0 Å². The third-order valence-electron chi connectivity index (χ3n) is 1.58. The van der Waals surface area contributed by atoms with Gasteiger partial charge in [-0.25, -0.2) is 0 Å². The molecule has 3 nitrogen and oxygen atoms in total. The van der Waals surface area contributed by atoms with E-state index in [2.05, 4.69) is 0 Å². The van der Waals surface area contributed by atoms with Gasteiger partial charge in [0.05, 0.1) is 7.11 Å². The Labute approximate surface area is 82.7 Å². The van der Waals surface area contributed by atoms with Crippen molar-refractivity contribution in [2.24, 2.45) is 0 Å². The van der Waals surface area contributed by atoms with Crippen molar-refractivity contribution in [3.63, 3.8) is 0 Å². The number of hydrogen-bond donors (Lipinski definition) is 0. The van der Waals surface area contributed by atoms with E-state index in [1.54, 1.807) is 19.5 Å². The van der Waals surface area contributed by atoms with Gasteiger partial charge in [-0.3, -0.25) is 4.79 Å². The number of amides is 1. The van der Waals surface area contributed by atoms with E-state index in [0.29, 0.717) is 16.1 Å². The fraction of sp³-hybridized carbons (Fsp3) is 0.375. The van der Waals surface area contributed by atoms with Crippen LogP contribution in [0.5, 0.6) is 5.75 Å². The Morgan fingerprint density at radius 2 is 2.23 bits per heavy atom. The van der Waals surface area contributed by atoms with Crippen LogP contribution in [0.2, 0.25) is 0 Å². The molecule has 0 bridgehead atoms. The predicted molar refractivity (Wildman–Crippen MR) is 54.3 cm³/mol. The number of rotatable bonds is 2. The van der Waals surface area contributed by atoms with Gasteiger partial charge < -0.3 is 9.64 Å². The van der Waals surface area contributed by atoms with E-state index >= 15 is 0 Å². The first kappa shape index (κ1) is 10.1. The zero-order valence-corrected chi connectivity index (χ0v) is 8.64. The Morgan fingerprint density at radius 1 is 1.62 bits per heavy atom. The number of methoxy groups -OCH3 is 1. The van der Waals surface area contributed by atoms with E-state index in [1.165, 1.54) is 23.3 Å². The van der Waals surface area contributed by atoms with Gasteiger partial charge in [-0.1, -0.05) is 0 Å². The van der Waals surface area contributed by atoms with Crippen LogP contribution in [-0.4, -0.2) is 39.9 Å². The Hall–Kier alpha value is -0.965. The molecular formula is C8H10BNO2S. The SMILES string of the molecule is [B]c1csc(C(=O)N(C)C)c1OC. The van der Waals surface area contributed by atoms with Crippen LogP contribution in [0, 0.1) is 0 Å². The van der Waals surface area contributed by atoms with Crippen molar-refractivity contribution in [1.82, 2.24) is 4.90 Å². The molecule has 0 N–H and O–H groups in total. The fourth-order valence-electron chi connectivity index (χ4n) is 0.922. The summed E-state index contributed by atoms with van der Waals surface area (Å²) in [6.45, 7) is 0. The average Bonchev–Trinajstić information content (AvgIpc) is 2.45. The van der Waals surface area contributed by atoms with Gasteiger partial charge in [0.2, 0.25) is 0 Å². The van der Waals surface area contributed by atoms with E-state index in [9.17, 15) is 4.79 Å². The highest BCUT2D eigenvalue weighted by atomic mass is 32.1. The first-order valence-corrected chi connectivity index (χ1v) is 4.58. The highest BCUT2D eigenvalue weighted by Crippen LogP contribution is 2.22. The van der Waals surface area contributed by atoms with Gasteiger partial charge in [-0.2, -0.15) is 0 Å². The van der Waals surface area contributed by atoms with Crippen molar-refractivity contribution in [3.8, 4) is 5.75 Å². The number of nitrogens with zero attached hydrogens (tertiary/aromatic N) is 1. The standard InChI is InChI=1S/C8H10BNO2S/c1-10(2)8(11)7-6(12-3)5(9)4-13-7/h4H,1-3H3. The maximum Gasteiger partial charge on any atom is 0.267 e. The molecule has 0 aliphatic rings. The Bertz CT molecular complexity index is 322. The molecular weight excluding hydrogens is 185 g/mol. The molecule has 0 aliphatic heterocycles. The summed E-state index contributed by atoms with van der Waals surface area (Å²) in [4.78, 5) is 13.6. The van der Waals surface area contributed by atoms with Crippen LogP contribution in [0.25, 0.3) is 0 Å². The van der Waals surface area contributed by atoms with Crippen LogP contribution in [0.4, 0.5) is 0 Å². The summed E-state index contributed by atoms with van der Waals surface area (Å²) < 4.78 is 5.03. The Morgan fingerprint density at radius 3 is 2.69 bits per heavy atom. The van der Waals surface area contributed by atoms with Gasteiger partial charge in [0.1, 0.15) is 18.5 Å². The molecule has 13 heavy (non-hydrogen) atoms. The molecule has 1 amide bonds. The average molecular weight is 195 g/mol. The molecule has 0 fully saturated rings. The Kier molecular flexibility index (Phi) is 2.98. The molecule has 0 saturated carbocycles. The van der Waals surface area contributed by atoms with Gasteiger partial charge in [0, 0.05) is 14.1 Å². The summed E-state index contributed by atoms with van der Waals surface area (Å²) in [5.41, 5.74) is 0.512. The van der Waals surface area contributed by atoms with Crippen LogP contribution in [0.15, 0.2) is 5.38 Å². The second-order valence-electron chi connectivity index (χ2n) is 2.75. The first-order chi connectivity index (χ1) is 6.07. The Balaban J connectivity index is 3.07. The lowest BCUT2D eigenvalue weighted by Gasteiger charge is -2.10. The predicted octanol–water partition coefficient (Wildman–Crippen LogP) is 0.252. The lowest BCUT2D eigenvalue weighted by molar-refractivity contribution is 0.0829. The molecule has 5 heteroatoms. The van der Waals surface area contributed by atoms with E-state index in [4.69, 9.17) is 12.6 Å². The lowest BCUT2D eigenvalue weighted by atomic mass is 9.99. The van der Waals surface area contributed by atoms with E-state index in [0.717, 1.165) is 0 Å². The van der Waals surface area contributed by atoms with Crippen molar-refractivity contribution in [2.75, 3.05) is 21.2 Å². The second-order valence-corrected chi connectivity index (χ2v) is 3.63. The molecule has 0 atom stereocenters. The first-order valence-electron chi connectivity index (χ1n) is 3.70. The summed E-state index contributed by atoms with van der Waals surface area (Å²) in [5.74, 6) is 0.391. The highest BCUT2D eigenvalue weighted by molar-refractivity contribution is 7.13. The molecule has 0 aliphatic carbocycles. The minimum Gasteiger partial charge on any atom is -0.496 e. The molecule has 0 spiro atoms. The van der Waals surface area contributed by atoms with Crippen molar-refractivity contribution in [1.29, 1.82) is 0 Å². The molecule has 0 unspecified atom stereocenters.